The number of hydrogen-bond donors (Lipinski definition) is 2. The Kier molecular flexibility index (Phi) is 8.88. The summed E-state index contributed by atoms with van der Waals surface area (Å²) in [5.74, 6) is 0.553. The van der Waals surface area contributed by atoms with Crippen molar-refractivity contribution < 1.29 is 23.8 Å². The second-order valence-corrected chi connectivity index (χ2v) is 8.40. The van der Waals surface area contributed by atoms with E-state index in [0.29, 0.717) is 26.0 Å². The summed E-state index contributed by atoms with van der Waals surface area (Å²) in [7, 11) is 0. The Labute approximate surface area is 189 Å². The summed E-state index contributed by atoms with van der Waals surface area (Å²) in [4.78, 5) is 13.2. The van der Waals surface area contributed by atoms with Gasteiger partial charge in [-0.2, -0.15) is 0 Å². The molecule has 1 heterocycles. The minimum Gasteiger partial charge on any atom is -0.494 e. The van der Waals surface area contributed by atoms with Crippen LogP contribution in [0.25, 0.3) is 0 Å². The summed E-state index contributed by atoms with van der Waals surface area (Å²) >= 11 is 0. The molecular formula is C25H33FN2O4. The molecule has 6 nitrogen and oxygen atoms in total. The van der Waals surface area contributed by atoms with Gasteiger partial charge in [0.1, 0.15) is 12.4 Å². The van der Waals surface area contributed by atoms with Gasteiger partial charge in [-0.15, -0.1) is 0 Å². The van der Waals surface area contributed by atoms with Gasteiger partial charge in [-0.25, -0.2) is 4.39 Å². The maximum absolute atomic E-state index is 13.8. The molecule has 2 N–H and O–H groups in total. The molecule has 0 saturated carbocycles. The number of benzene rings is 2. The molecule has 0 radical (unpaired) electrons. The average Bonchev–Trinajstić information content (AvgIpc) is 2.96. The molecule has 1 atom stereocenters. The average molecular weight is 445 g/mol. The summed E-state index contributed by atoms with van der Waals surface area (Å²) in [5, 5.41) is 13.7. The van der Waals surface area contributed by atoms with Gasteiger partial charge in [0.2, 0.25) is 5.91 Å². The molecule has 7 heteroatoms. The Hall–Kier alpha value is -2.64. The third-order valence-electron chi connectivity index (χ3n) is 5.64. The van der Waals surface area contributed by atoms with Crippen LogP contribution in [0.1, 0.15) is 38.2 Å². The molecule has 3 rings (SSSR count). The first kappa shape index (κ1) is 24.0. The number of hydrogen-bond acceptors (Lipinski definition) is 5. The van der Waals surface area contributed by atoms with Crippen molar-refractivity contribution in [1.29, 1.82) is 0 Å². The van der Waals surface area contributed by atoms with Crippen LogP contribution in [0.15, 0.2) is 48.5 Å². The topological polar surface area (TPSA) is 71.0 Å². The first-order valence-electron chi connectivity index (χ1n) is 11.2. The van der Waals surface area contributed by atoms with E-state index in [-0.39, 0.29) is 18.3 Å². The maximum atomic E-state index is 13.8. The summed E-state index contributed by atoms with van der Waals surface area (Å²) in [5.41, 5.74) is 0.232. The number of aliphatic hydroxyl groups is 1. The highest BCUT2D eigenvalue weighted by Crippen LogP contribution is 2.26. The van der Waals surface area contributed by atoms with Crippen molar-refractivity contribution in [2.75, 3.05) is 32.8 Å². The molecule has 0 bridgehead atoms. The fraction of sp³-hybridized carbons (Fsp3) is 0.480. The van der Waals surface area contributed by atoms with E-state index in [1.807, 2.05) is 12.1 Å². The number of nitrogens with zero attached hydrogens (tertiary/aromatic N) is 1. The van der Waals surface area contributed by atoms with E-state index in [1.165, 1.54) is 18.6 Å². The van der Waals surface area contributed by atoms with Gasteiger partial charge in [-0.1, -0.05) is 24.3 Å². The van der Waals surface area contributed by atoms with Gasteiger partial charge >= 0.3 is 0 Å². The zero-order chi connectivity index (χ0) is 22.8. The summed E-state index contributed by atoms with van der Waals surface area (Å²) < 4.78 is 25.1. The monoisotopic (exact) mass is 444 g/mol. The van der Waals surface area contributed by atoms with Crippen molar-refractivity contribution in [3.63, 3.8) is 0 Å². The lowest BCUT2D eigenvalue weighted by atomic mass is 9.96. The minimum absolute atomic E-state index is 0.0288. The van der Waals surface area contributed by atoms with Crippen LogP contribution in [0.5, 0.6) is 11.5 Å². The van der Waals surface area contributed by atoms with Crippen LogP contribution in [-0.4, -0.2) is 54.4 Å². The van der Waals surface area contributed by atoms with E-state index in [1.54, 1.807) is 18.2 Å². The molecule has 0 unspecified atom stereocenters. The number of para-hydroxylation sites is 1. The van der Waals surface area contributed by atoms with E-state index in [9.17, 15) is 14.3 Å². The SMILES string of the molecule is CC(=O)NCCCOc1ccc(CN2CCC[C@@](O)(COc3ccccc3F)CC2)cc1. The molecule has 0 spiro atoms. The molecule has 32 heavy (non-hydrogen) atoms. The van der Waals surface area contributed by atoms with Gasteiger partial charge in [-0.05, 0) is 62.1 Å². The van der Waals surface area contributed by atoms with Crippen LogP contribution < -0.4 is 14.8 Å². The zero-order valence-electron chi connectivity index (χ0n) is 18.7. The molecule has 174 valence electrons. The molecule has 1 amide bonds. The Morgan fingerprint density at radius 1 is 1.12 bits per heavy atom. The second-order valence-electron chi connectivity index (χ2n) is 8.40. The van der Waals surface area contributed by atoms with Gasteiger partial charge in [0.25, 0.3) is 0 Å². The Morgan fingerprint density at radius 3 is 2.66 bits per heavy atom. The molecule has 2 aromatic carbocycles. The van der Waals surface area contributed by atoms with Gasteiger partial charge < -0.3 is 19.9 Å². The van der Waals surface area contributed by atoms with E-state index in [2.05, 4.69) is 22.3 Å². The lowest BCUT2D eigenvalue weighted by Crippen LogP contribution is -2.37. The van der Waals surface area contributed by atoms with Crippen LogP contribution in [0.3, 0.4) is 0 Å². The second kappa shape index (κ2) is 11.8. The highest BCUT2D eigenvalue weighted by molar-refractivity contribution is 5.72. The Morgan fingerprint density at radius 2 is 1.91 bits per heavy atom. The number of amides is 1. The molecular weight excluding hydrogens is 411 g/mol. The van der Waals surface area contributed by atoms with Gasteiger partial charge in [0.15, 0.2) is 11.6 Å². The van der Waals surface area contributed by atoms with E-state index in [4.69, 9.17) is 9.47 Å². The predicted octanol–water partition coefficient (Wildman–Crippen LogP) is 3.53. The molecule has 0 aliphatic carbocycles. The predicted molar refractivity (Wildman–Crippen MR) is 121 cm³/mol. The van der Waals surface area contributed by atoms with E-state index < -0.39 is 11.4 Å². The molecule has 1 aliphatic heterocycles. The molecule has 2 aromatic rings. The van der Waals surface area contributed by atoms with E-state index in [0.717, 1.165) is 38.2 Å². The smallest absolute Gasteiger partial charge is 0.216 e. The van der Waals surface area contributed by atoms with Crippen LogP contribution in [0.2, 0.25) is 0 Å². The number of nitrogens with one attached hydrogen (secondary N) is 1. The van der Waals surface area contributed by atoms with Gasteiger partial charge in [0.05, 0.1) is 12.2 Å². The Balaban J connectivity index is 1.42. The van der Waals surface area contributed by atoms with Crippen LogP contribution >= 0.6 is 0 Å². The van der Waals surface area contributed by atoms with Crippen molar-refractivity contribution >= 4 is 5.91 Å². The summed E-state index contributed by atoms with van der Waals surface area (Å²) in [6.07, 6.45) is 2.82. The molecule has 1 fully saturated rings. The molecule has 0 aromatic heterocycles. The number of halogens is 1. The number of carbonyl (C=O) groups excluding carboxylic acids is 1. The molecule has 1 aliphatic rings. The summed E-state index contributed by atoms with van der Waals surface area (Å²) in [6, 6.07) is 14.3. The highest BCUT2D eigenvalue weighted by atomic mass is 19.1. The fourth-order valence-corrected chi connectivity index (χ4v) is 3.79. The highest BCUT2D eigenvalue weighted by Gasteiger charge is 2.31. The lowest BCUT2D eigenvalue weighted by Gasteiger charge is -2.27. The normalized spacial score (nSPS) is 19.2. The van der Waals surface area contributed by atoms with Crippen molar-refractivity contribution in [2.45, 2.75) is 44.8 Å². The standard InChI is InChI=1S/C25H33FN2O4/c1-20(29)27-14-5-17-31-22-10-8-21(9-11-22)18-28-15-4-12-25(30,13-16-28)19-32-24-7-3-2-6-23(24)26/h2-3,6-11,30H,4-5,12-19H2,1H3,(H,27,29)/t25-/m0/s1. The summed E-state index contributed by atoms with van der Waals surface area (Å²) in [6.45, 7) is 5.20. The third kappa shape index (κ3) is 7.80. The number of rotatable bonds is 10. The Bertz CT molecular complexity index is 861. The molecule has 1 saturated heterocycles. The van der Waals surface area contributed by atoms with E-state index >= 15 is 0 Å². The van der Waals surface area contributed by atoms with Crippen LogP contribution in [-0.2, 0) is 11.3 Å². The quantitative estimate of drug-likeness (QED) is 0.549. The number of ether oxygens (including phenoxy) is 2. The van der Waals surface area contributed by atoms with Crippen molar-refractivity contribution in [2.24, 2.45) is 0 Å². The lowest BCUT2D eigenvalue weighted by molar-refractivity contribution is -0.118. The first-order valence-corrected chi connectivity index (χ1v) is 11.2. The van der Waals surface area contributed by atoms with Crippen molar-refractivity contribution in [3.8, 4) is 11.5 Å². The first-order chi connectivity index (χ1) is 15.4. The van der Waals surface area contributed by atoms with Crippen LogP contribution in [0.4, 0.5) is 4.39 Å². The van der Waals surface area contributed by atoms with Crippen LogP contribution in [0, 0.1) is 5.82 Å². The fourth-order valence-electron chi connectivity index (χ4n) is 3.79. The van der Waals surface area contributed by atoms with Gasteiger partial charge in [0, 0.05) is 26.6 Å². The number of carbonyl (C=O) groups is 1. The largest absolute Gasteiger partial charge is 0.494 e. The van der Waals surface area contributed by atoms with Gasteiger partial charge in [-0.3, -0.25) is 9.69 Å². The van der Waals surface area contributed by atoms with Crippen molar-refractivity contribution in [1.82, 2.24) is 10.2 Å². The minimum atomic E-state index is -0.952. The number of likely N-dealkylation sites (tertiary alicyclic amines) is 1. The third-order valence-corrected chi connectivity index (χ3v) is 5.64. The van der Waals surface area contributed by atoms with Crippen molar-refractivity contribution in [3.05, 3.63) is 59.9 Å². The zero-order valence-corrected chi connectivity index (χ0v) is 18.7. The maximum Gasteiger partial charge on any atom is 0.216 e.